The Balaban J connectivity index is 1.56. The second kappa shape index (κ2) is 10.1. The number of rotatable bonds is 5. The smallest absolute Gasteiger partial charge is 0.374 e. The van der Waals surface area contributed by atoms with E-state index in [1.165, 1.54) is 13.0 Å². The van der Waals surface area contributed by atoms with Gasteiger partial charge in [0.05, 0.1) is 29.3 Å². The van der Waals surface area contributed by atoms with Gasteiger partial charge in [-0.2, -0.15) is 39.5 Å². The number of nitrogens with one attached hydrogen (secondary N) is 1. The number of hydrogen-bond donors (Lipinski definition) is 1. The molecular weight excluding hydrogens is 604 g/mol. The third kappa shape index (κ3) is 5.78. The summed E-state index contributed by atoms with van der Waals surface area (Å²) in [6, 6.07) is 2.33. The molecule has 2 aliphatic rings. The number of β-lactam (4-membered cyclic amide) rings is 1. The first-order chi connectivity index (χ1) is 18.7. The van der Waals surface area contributed by atoms with E-state index >= 15 is 0 Å². The van der Waals surface area contributed by atoms with E-state index < -0.39 is 82.6 Å². The van der Waals surface area contributed by atoms with Gasteiger partial charge in [0.15, 0.2) is 0 Å². The van der Waals surface area contributed by atoms with Crippen LogP contribution in [0.4, 0.5) is 43.9 Å². The molecular formula is C24H16ClF10N3O3. The summed E-state index contributed by atoms with van der Waals surface area (Å²) in [6.45, 7) is -0.506. The van der Waals surface area contributed by atoms with Crippen molar-refractivity contribution in [2.24, 2.45) is 5.16 Å². The molecule has 41 heavy (non-hydrogen) atoms. The van der Waals surface area contributed by atoms with Crippen molar-refractivity contribution in [3.05, 3.63) is 69.0 Å². The summed E-state index contributed by atoms with van der Waals surface area (Å²) >= 11 is 5.49. The van der Waals surface area contributed by atoms with E-state index in [-0.39, 0.29) is 35.4 Å². The summed E-state index contributed by atoms with van der Waals surface area (Å²) in [5.41, 5.74) is -7.26. The zero-order valence-corrected chi connectivity index (χ0v) is 21.1. The molecule has 2 unspecified atom stereocenters. The first-order valence-corrected chi connectivity index (χ1v) is 11.8. The SMILES string of the molecule is Cc1cc(C2=NOC(c3cc(C(F)(F)F)cc(Cl)c3F)(C(F)(F)F)C2)ccc1C(=O)NC1CN(CC(F)(F)F)C1=O. The van der Waals surface area contributed by atoms with Gasteiger partial charge < -0.3 is 15.1 Å². The van der Waals surface area contributed by atoms with Gasteiger partial charge in [0.1, 0.15) is 18.4 Å². The van der Waals surface area contributed by atoms with Crippen LogP contribution in [-0.2, 0) is 21.4 Å². The second-order valence-corrected chi connectivity index (χ2v) is 9.75. The molecule has 1 saturated heterocycles. The molecule has 4 rings (SSSR count). The number of alkyl halides is 9. The lowest BCUT2D eigenvalue weighted by atomic mass is 9.85. The Bertz CT molecular complexity index is 1440. The van der Waals surface area contributed by atoms with Crippen LogP contribution in [-0.4, -0.2) is 53.9 Å². The lowest BCUT2D eigenvalue weighted by Crippen LogP contribution is -2.65. The summed E-state index contributed by atoms with van der Waals surface area (Å²) in [7, 11) is 0. The fraction of sp³-hybridized carbons (Fsp3) is 0.375. The van der Waals surface area contributed by atoms with Crippen molar-refractivity contribution in [3.8, 4) is 0 Å². The van der Waals surface area contributed by atoms with Crippen LogP contribution < -0.4 is 5.32 Å². The van der Waals surface area contributed by atoms with E-state index in [4.69, 9.17) is 11.6 Å². The van der Waals surface area contributed by atoms with Crippen molar-refractivity contribution < 1.29 is 58.3 Å². The number of benzene rings is 2. The Morgan fingerprint density at radius 1 is 1.12 bits per heavy atom. The molecule has 2 aliphatic heterocycles. The van der Waals surface area contributed by atoms with Crippen LogP contribution >= 0.6 is 11.6 Å². The van der Waals surface area contributed by atoms with Crippen molar-refractivity contribution in [3.63, 3.8) is 0 Å². The molecule has 2 atom stereocenters. The molecule has 0 bridgehead atoms. The zero-order chi connectivity index (χ0) is 30.7. The monoisotopic (exact) mass is 619 g/mol. The standard InChI is InChI=1S/C24H16ClF10N3O3/c1-10-4-11(2-3-13(10)19(39)36-17-8-38(20(17)40)9-22(27,28)29)16-7-21(41-37-16,24(33,34)35)14-5-12(23(30,31)32)6-15(25)18(14)26/h2-6,17H,7-9H2,1H3,(H,36,39). The quantitative estimate of drug-likeness (QED) is 0.335. The van der Waals surface area contributed by atoms with E-state index in [1.54, 1.807) is 0 Å². The number of aryl methyl sites for hydroxylation is 1. The highest BCUT2D eigenvalue weighted by Crippen LogP contribution is 2.51. The highest BCUT2D eigenvalue weighted by atomic mass is 35.5. The molecule has 0 spiro atoms. The highest BCUT2D eigenvalue weighted by Gasteiger charge is 2.64. The molecule has 6 nitrogen and oxygen atoms in total. The molecule has 2 aromatic carbocycles. The third-order valence-corrected chi connectivity index (χ3v) is 6.74. The molecule has 1 N–H and O–H groups in total. The first-order valence-electron chi connectivity index (χ1n) is 11.4. The highest BCUT2D eigenvalue weighted by molar-refractivity contribution is 6.30. The van der Waals surface area contributed by atoms with Gasteiger partial charge in [-0.3, -0.25) is 9.59 Å². The maximum absolute atomic E-state index is 14.7. The molecule has 2 heterocycles. The van der Waals surface area contributed by atoms with Gasteiger partial charge in [-0.1, -0.05) is 22.8 Å². The van der Waals surface area contributed by atoms with Crippen molar-refractivity contribution >= 4 is 29.1 Å². The van der Waals surface area contributed by atoms with Gasteiger partial charge in [0.25, 0.3) is 11.5 Å². The molecule has 0 aliphatic carbocycles. The van der Waals surface area contributed by atoms with E-state index in [9.17, 15) is 53.5 Å². The number of carbonyl (C=O) groups excluding carboxylic acids is 2. The maximum Gasteiger partial charge on any atom is 0.435 e. The molecule has 0 aromatic heterocycles. The van der Waals surface area contributed by atoms with Crippen molar-refractivity contribution in [1.29, 1.82) is 0 Å². The normalized spacial score (nSPS) is 21.4. The van der Waals surface area contributed by atoms with Gasteiger partial charge >= 0.3 is 18.5 Å². The molecule has 222 valence electrons. The molecule has 2 amide bonds. The van der Waals surface area contributed by atoms with E-state index in [0.717, 1.165) is 12.1 Å². The Kier molecular flexibility index (Phi) is 7.46. The van der Waals surface area contributed by atoms with Gasteiger partial charge in [0.2, 0.25) is 5.91 Å². The maximum atomic E-state index is 14.7. The summed E-state index contributed by atoms with van der Waals surface area (Å²) in [4.78, 5) is 29.6. The van der Waals surface area contributed by atoms with E-state index in [1.807, 2.05) is 0 Å². The summed E-state index contributed by atoms with van der Waals surface area (Å²) < 4.78 is 135. The predicted octanol–water partition coefficient (Wildman–Crippen LogP) is 5.89. The number of amides is 2. The topological polar surface area (TPSA) is 71.0 Å². The van der Waals surface area contributed by atoms with Gasteiger partial charge in [-0.25, -0.2) is 4.39 Å². The minimum absolute atomic E-state index is 0.0522. The number of nitrogens with zero attached hydrogens (tertiary/aromatic N) is 2. The number of oxime groups is 1. The van der Waals surface area contributed by atoms with E-state index in [2.05, 4.69) is 15.3 Å². The fourth-order valence-electron chi connectivity index (χ4n) is 4.38. The van der Waals surface area contributed by atoms with Crippen molar-refractivity contribution in [2.45, 2.75) is 43.5 Å². The molecule has 2 aromatic rings. The minimum atomic E-state index is -5.46. The average Bonchev–Trinajstić information content (AvgIpc) is 3.30. The average molecular weight is 620 g/mol. The van der Waals surface area contributed by atoms with Crippen molar-refractivity contribution in [1.82, 2.24) is 10.2 Å². The largest absolute Gasteiger partial charge is 0.435 e. The number of likely N-dealkylation sites (tertiary alicyclic amines) is 1. The molecule has 17 heteroatoms. The Hall–Kier alpha value is -3.56. The fourth-order valence-corrected chi connectivity index (χ4v) is 4.60. The lowest BCUT2D eigenvalue weighted by Gasteiger charge is -2.38. The number of carbonyl (C=O) groups is 2. The van der Waals surface area contributed by atoms with Crippen LogP contribution in [0.15, 0.2) is 35.5 Å². The third-order valence-electron chi connectivity index (χ3n) is 6.47. The molecule has 0 saturated carbocycles. The summed E-state index contributed by atoms with van der Waals surface area (Å²) in [5, 5.41) is 4.41. The lowest BCUT2D eigenvalue weighted by molar-refractivity contribution is -0.276. The molecule has 1 fully saturated rings. The van der Waals surface area contributed by atoms with Crippen LogP contribution in [0.5, 0.6) is 0 Å². The van der Waals surface area contributed by atoms with Crippen LogP contribution in [0.3, 0.4) is 0 Å². The van der Waals surface area contributed by atoms with Crippen LogP contribution in [0.25, 0.3) is 0 Å². The second-order valence-electron chi connectivity index (χ2n) is 9.34. The van der Waals surface area contributed by atoms with E-state index in [0.29, 0.717) is 4.90 Å². The predicted molar refractivity (Wildman–Crippen MR) is 121 cm³/mol. The summed E-state index contributed by atoms with van der Waals surface area (Å²) in [5.74, 6) is -3.59. The number of halogens is 11. The Labute approximate surface area is 228 Å². The van der Waals surface area contributed by atoms with Crippen molar-refractivity contribution in [2.75, 3.05) is 13.1 Å². The van der Waals surface area contributed by atoms with Crippen LogP contribution in [0.2, 0.25) is 5.02 Å². The Morgan fingerprint density at radius 3 is 2.32 bits per heavy atom. The number of hydrogen-bond acceptors (Lipinski definition) is 4. The van der Waals surface area contributed by atoms with Crippen LogP contribution in [0, 0.1) is 12.7 Å². The Morgan fingerprint density at radius 2 is 1.78 bits per heavy atom. The first kappa shape index (κ1) is 30.4. The van der Waals surface area contributed by atoms with Gasteiger partial charge in [-0.15, -0.1) is 0 Å². The minimum Gasteiger partial charge on any atom is -0.374 e. The van der Waals surface area contributed by atoms with Gasteiger partial charge in [0, 0.05) is 11.1 Å². The van der Waals surface area contributed by atoms with Gasteiger partial charge in [-0.05, 0) is 42.3 Å². The summed E-state index contributed by atoms with van der Waals surface area (Å²) in [6.07, 6.45) is -16.5. The molecule has 0 radical (unpaired) electrons. The zero-order valence-electron chi connectivity index (χ0n) is 20.4. The van der Waals surface area contributed by atoms with Crippen LogP contribution in [0.1, 0.15) is 39.0 Å².